The van der Waals surface area contributed by atoms with E-state index in [1.807, 2.05) is 31.2 Å². The zero-order chi connectivity index (χ0) is 12.3. The van der Waals surface area contributed by atoms with E-state index in [9.17, 15) is 4.21 Å². The molecule has 17 heavy (non-hydrogen) atoms. The maximum atomic E-state index is 12.6. The average molecular weight is 251 g/mol. The highest BCUT2D eigenvalue weighted by Crippen LogP contribution is 2.28. The van der Waals surface area contributed by atoms with Crippen LogP contribution in [-0.2, 0) is 10.8 Å². The molecule has 0 amide bonds. The zero-order valence-electron chi connectivity index (χ0n) is 10.6. The van der Waals surface area contributed by atoms with Gasteiger partial charge in [0.2, 0.25) is 0 Å². The van der Waals surface area contributed by atoms with Crippen LogP contribution >= 0.6 is 0 Å². The van der Waals surface area contributed by atoms with Crippen molar-refractivity contribution < 1.29 is 4.21 Å². The van der Waals surface area contributed by atoms with E-state index in [1.165, 1.54) is 6.42 Å². The van der Waals surface area contributed by atoms with Crippen molar-refractivity contribution >= 4 is 10.8 Å². The molecule has 1 saturated carbocycles. The van der Waals surface area contributed by atoms with Crippen molar-refractivity contribution in [2.75, 3.05) is 6.54 Å². The van der Waals surface area contributed by atoms with Gasteiger partial charge in [0, 0.05) is 10.9 Å². The molecule has 0 heterocycles. The fourth-order valence-electron chi connectivity index (χ4n) is 2.62. The van der Waals surface area contributed by atoms with Gasteiger partial charge in [-0.2, -0.15) is 0 Å². The van der Waals surface area contributed by atoms with Crippen LogP contribution in [0, 0.1) is 6.92 Å². The SMILES string of the molecule is CCNC1CCCC1S(=O)c1ccccc1C. The summed E-state index contributed by atoms with van der Waals surface area (Å²) in [4.78, 5) is 1.02. The Morgan fingerprint density at radius 1 is 1.35 bits per heavy atom. The molecule has 0 radical (unpaired) electrons. The lowest BCUT2D eigenvalue weighted by Crippen LogP contribution is -2.38. The Balaban J connectivity index is 2.17. The Hall–Kier alpha value is -0.670. The summed E-state index contributed by atoms with van der Waals surface area (Å²) in [5.74, 6) is 0. The molecule has 1 aliphatic rings. The standard InChI is InChI=1S/C14H21NOS/c1-3-15-12-8-6-10-14(12)17(16)13-9-5-4-7-11(13)2/h4-5,7,9,12,14-15H,3,6,8,10H2,1-2H3. The van der Waals surface area contributed by atoms with E-state index in [0.717, 1.165) is 29.8 Å². The number of benzene rings is 1. The lowest BCUT2D eigenvalue weighted by molar-refractivity contribution is 0.541. The molecular weight excluding hydrogens is 230 g/mol. The van der Waals surface area contributed by atoms with Gasteiger partial charge in [-0.25, -0.2) is 0 Å². The Kier molecular flexibility index (Phi) is 4.35. The molecule has 0 aromatic heterocycles. The summed E-state index contributed by atoms with van der Waals surface area (Å²) in [5, 5.41) is 3.76. The minimum Gasteiger partial charge on any atom is -0.313 e. The molecule has 1 aromatic rings. The van der Waals surface area contributed by atoms with Gasteiger partial charge >= 0.3 is 0 Å². The second-order valence-corrected chi connectivity index (χ2v) is 6.34. The van der Waals surface area contributed by atoms with E-state index in [0.29, 0.717) is 6.04 Å². The van der Waals surface area contributed by atoms with Gasteiger partial charge in [0.25, 0.3) is 0 Å². The van der Waals surface area contributed by atoms with Crippen LogP contribution in [-0.4, -0.2) is 22.0 Å². The number of aryl methyl sites for hydroxylation is 1. The largest absolute Gasteiger partial charge is 0.313 e. The fourth-order valence-corrected chi connectivity index (χ4v) is 4.46. The molecule has 3 unspecified atom stereocenters. The summed E-state index contributed by atoms with van der Waals surface area (Å²) in [7, 11) is -0.864. The zero-order valence-corrected chi connectivity index (χ0v) is 11.4. The van der Waals surface area contributed by atoms with Crippen LogP contribution in [0.3, 0.4) is 0 Å². The van der Waals surface area contributed by atoms with Crippen LogP contribution in [0.4, 0.5) is 0 Å². The van der Waals surface area contributed by atoms with E-state index >= 15 is 0 Å². The third-order valence-corrected chi connectivity index (χ3v) is 5.51. The van der Waals surface area contributed by atoms with Gasteiger partial charge in [0.1, 0.15) is 0 Å². The normalized spacial score (nSPS) is 26.0. The van der Waals surface area contributed by atoms with Gasteiger partial charge in [-0.05, 0) is 37.9 Å². The molecule has 1 fully saturated rings. The lowest BCUT2D eigenvalue weighted by Gasteiger charge is -2.20. The molecule has 2 rings (SSSR count). The van der Waals surface area contributed by atoms with Crippen molar-refractivity contribution in [3.8, 4) is 0 Å². The fraction of sp³-hybridized carbons (Fsp3) is 0.571. The van der Waals surface area contributed by atoms with Gasteiger partial charge < -0.3 is 5.32 Å². The highest BCUT2D eigenvalue weighted by molar-refractivity contribution is 7.85. The van der Waals surface area contributed by atoms with Crippen LogP contribution in [0.2, 0.25) is 0 Å². The number of rotatable bonds is 4. The first-order valence-corrected chi connectivity index (χ1v) is 7.65. The highest BCUT2D eigenvalue weighted by Gasteiger charge is 2.32. The minimum absolute atomic E-state index is 0.288. The van der Waals surface area contributed by atoms with Crippen LogP contribution in [0.25, 0.3) is 0 Å². The van der Waals surface area contributed by atoms with Gasteiger partial charge in [-0.15, -0.1) is 0 Å². The van der Waals surface area contributed by atoms with Crippen LogP contribution < -0.4 is 5.32 Å². The molecule has 0 aliphatic heterocycles. The molecule has 3 atom stereocenters. The second kappa shape index (κ2) is 5.78. The molecule has 2 nitrogen and oxygen atoms in total. The van der Waals surface area contributed by atoms with E-state index in [2.05, 4.69) is 12.2 Å². The van der Waals surface area contributed by atoms with Gasteiger partial charge in [-0.3, -0.25) is 4.21 Å². The van der Waals surface area contributed by atoms with Crippen molar-refractivity contribution in [3.05, 3.63) is 29.8 Å². The van der Waals surface area contributed by atoms with Crippen LogP contribution in [0.1, 0.15) is 31.7 Å². The van der Waals surface area contributed by atoms with Crippen molar-refractivity contribution in [3.63, 3.8) is 0 Å². The monoisotopic (exact) mass is 251 g/mol. The first-order chi connectivity index (χ1) is 8.24. The van der Waals surface area contributed by atoms with Gasteiger partial charge in [0.15, 0.2) is 0 Å². The molecule has 0 spiro atoms. The Bertz CT molecular complexity index is 405. The van der Waals surface area contributed by atoms with E-state index in [1.54, 1.807) is 0 Å². The third kappa shape index (κ3) is 2.78. The van der Waals surface area contributed by atoms with Crippen molar-refractivity contribution in [1.29, 1.82) is 0 Å². The summed E-state index contributed by atoms with van der Waals surface area (Å²) in [6.07, 6.45) is 3.44. The number of hydrogen-bond donors (Lipinski definition) is 1. The Morgan fingerprint density at radius 2 is 2.12 bits per heavy atom. The maximum absolute atomic E-state index is 12.6. The highest BCUT2D eigenvalue weighted by atomic mass is 32.2. The van der Waals surface area contributed by atoms with Crippen LogP contribution in [0.5, 0.6) is 0 Å². The first kappa shape index (κ1) is 12.8. The molecule has 94 valence electrons. The Labute approximate surface area is 106 Å². The minimum atomic E-state index is -0.864. The molecule has 3 heteroatoms. The summed E-state index contributed by atoms with van der Waals surface area (Å²) in [6.45, 7) is 5.13. The van der Waals surface area contributed by atoms with Crippen molar-refractivity contribution in [2.45, 2.75) is 49.3 Å². The molecule has 1 aromatic carbocycles. The molecule has 0 bridgehead atoms. The van der Waals surface area contributed by atoms with E-state index in [-0.39, 0.29) is 5.25 Å². The molecule has 1 N–H and O–H groups in total. The molecule has 0 saturated heterocycles. The smallest absolute Gasteiger partial charge is 0.0579 e. The lowest BCUT2D eigenvalue weighted by atomic mass is 10.2. The molecular formula is C14H21NOS. The topological polar surface area (TPSA) is 29.1 Å². The summed E-state index contributed by atoms with van der Waals surface area (Å²) >= 11 is 0. The number of hydrogen-bond acceptors (Lipinski definition) is 2. The second-order valence-electron chi connectivity index (χ2n) is 4.70. The van der Waals surface area contributed by atoms with Crippen LogP contribution in [0.15, 0.2) is 29.2 Å². The van der Waals surface area contributed by atoms with Gasteiger partial charge in [0.05, 0.1) is 16.0 Å². The van der Waals surface area contributed by atoms with Crippen molar-refractivity contribution in [2.24, 2.45) is 0 Å². The molecule has 1 aliphatic carbocycles. The summed E-state index contributed by atoms with van der Waals surface area (Å²) in [6, 6.07) is 8.47. The van der Waals surface area contributed by atoms with Gasteiger partial charge in [-0.1, -0.05) is 31.5 Å². The van der Waals surface area contributed by atoms with Crippen molar-refractivity contribution in [1.82, 2.24) is 5.32 Å². The predicted octanol–water partition coefficient (Wildman–Crippen LogP) is 2.63. The average Bonchev–Trinajstić information content (AvgIpc) is 2.78. The Morgan fingerprint density at radius 3 is 2.82 bits per heavy atom. The summed E-state index contributed by atoms with van der Waals surface area (Å²) < 4.78 is 12.6. The maximum Gasteiger partial charge on any atom is 0.0579 e. The third-order valence-electron chi connectivity index (χ3n) is 3.50. The predicted molar refractivity (Wildman–Crippen MR) is 72.7 cm³/mol. The van der Waals surface area contributed by atoms with E-state index < -0.39 is 10.8 Å². The number of nitrogens with one attached hydrogen (secondary N) is 1. The van der Waals surface area contributed by atoms with E-state index in [4.69, 9.17) is 0 Å². The quantitative estimate of drug-likeness (QED) is 0.891. The summed E-state index contributed by atoms with van der Waals surface area (Å²) in [5.41, 5.74) is 1.15. The first-order valence-electron chi connectivity index (χ1n) is 6.43.